The van der Waals surface area contributed by atoms with E-state index in [1.807, 2.05) is 0 Å². The van der Waals surface area contributed by atoms with Gasteiger partial charge in [-0.05, 0) is 18.2 Å². The van der Waals surface area contributed by atoms with E-state index < -0.39 is 12.3 Å². The van der Waals surface area contributed by atoms with Crippen molar-refractivity contribution in [2.24, 2.45) is 5.73 Å². The Kier molecular flexibility index (Phi) is 4.68. The van der Waals surface area contributed by atoms with Crippen molar-refractivity contribution in [3.05, 3.63) is 47.9 Å². The van der Waals surface area contributed by atoms with E-state index >= 15 is 0 Å². The quantitative estimate of drug-likeness (QED) is 0.862. The SMILES string of the molecule is NCc1cc(Oc2cccc(C(=O)N3C[C@@H](O)[C@H](F)C3)c2)ncn1. The van der Waals surface area contributed by atoms with E-state index in [9.17, 15) is 14.3 Å². The Hall–Kier alpha value is -2.58. The van der Waals surface area contributed by atoms with Crippen LogP contribution in [0.1, 0.15) is 16.1 Å². The number of β-amino-alcohol motifs (C(OH)–C–C–N with tert-alkyl or cyclic N) is 1. The van der Waals surface area contributed by atoms with Gasteiger partial charge in [-0.3, -0.25) is 4.79 Å². The van der Waals surface area contributed by atoms with Crippen LogP contribution in [0, 0.1) is 0 Å². The molecule has 126 valence electrons. The third kappa shape index (κ3) is 3.50. The predicted octanol–water partition coefficient (Wildman–Crippen LogP) is 0.882. The molecule has 0 unspecified atom stereocenters. The minimum atomic E-state index is -1.41. The van der Waals surface area contributed by atoms with E-state index in [1.165, 1.54) is 11.2 Å². The van der Waals surface area contributed by atoms with Crippen molar-refractivity contribution < 1.29 is 19.0 Å². The lowest BCUT2D eigenvalue weighted by molar-refractivity contribution is 0.0764. The average molecular weight is 332 g/mol. The molecule has 7 nitrogen and oxygen atoms in total. The van der Waals surface area contributed by atoms with Crippen LogP contribution in [-0.4, -0.2) is 51.2 Å². The molecule has 1 amide bonds. The number of likely N-dealkylation sites (tertiary alicyclic amines) is 1. The molecule has 1 saturated heterocycles. The highest BCUT2D eigenvalue weighted by Crippen LogP contribution is 2.23. The zero-order chi connectivity index (χ0) is 17.1. The van der Waals surface area contributed by atoms with Crippen LogP contribution < -0.4 is 10.5 Å². The van der Waals surface area contributed by atoms with Crippen LogP contribution in [0.15, 0.2) is 36.7 Å². The normalized spacial score (nSPS) is 20.2. The van der Waals surface area contributed by atoms with Gasteiger partial charge in [-0.15, -0.1) is 0 Å². The summed E-state index contributed by atoms with van der Waals surface area (Å²) < 4.78 is 19.0. The molecule has 1 aromatic carbocycles. The number of carbonyl (C=O) groups is 1. The van der Waals surface area contributed by atoms with Crippen molar-refractivity contribution in [2.75, 3.05) is 13.1 Å². The van der Waals surface area contributed by atoms with E-state index in [-0.39, 0.29) is 25.5 Å². The number of carbonyl (C=O) groups excluding carboxylic acids is 1. The minimum absolute atomic E-state index is 0.0170. The molecule has 2 atom stereocenters. The molecule has 0 saturated carbocycles. The summed E-state index contributed by atoms with van der Waals surface area (Å²) in [7, 11) is 0. The number of aromatic nitrogens is 2. The molecule has 1 fully saturated rings. The standard InChI is InChI=1S/C16H17FN4O3/c17-13-7-21(8-14(13)22)16(23)10-2-1-3-12(4-10)24-15-5-11(6-18)19-9-20-15/h1-5,9,13-14,22H,6-8,18H2/t13-,14-/m1/s1. The van der Waals surface area contributed by atoms with Gasteiger partial charge in [0.05, 0.1) is 12.2 Å². The van der Waals surface area contributed by atoms with Crippen molar-refractivity contribution in [1.29, 1.82) is 0 Å². The highest BCUT2D eigenvalue weighted by atomic mass is 19.1. The Morgan fingerprint density at radius 1 is 1.38 bits per heavy atom. The van der Waals surface area contributed by atoms with Crippen molar-refractivity contribution in [3.63, 3.8) is 0 Å². The zero-order valence-electron chi connectivity index (χ0n) is 12.8. The van der Waals surface area contributed by atoms with Gasteiger partial charge in [0.2, 0.25) is 5.88 Å². The fourth-order valence-electron chi connectivity index (χ4n) is 2.45. The van der Waals surface area contributed by atoms with Crippen molar-refractivity contribution >= 4 is 5.91 Å². The number of rotatable bonds is 4. The lowest BCUT2D eigenvalue weighted by atomic mass is 10.2. The van der Waals surface area contributed by atoms with Gasteiger partial charge in [-0.1, -0.05) is 6.07 Å². The van der Waals surface area contributed by atoms with Gasteiger partial charge in [0.1, 0.15) is 24.4 Å². The number of nitrogens with two attached hydrogens (primary N) is 1. The van der Waals surface area contributed by atoms with Gasteiger partial charge in [0.25, 0.3) is 5.91 Å². The highest BCUT2D eigenvalue weighted by molar-refractivity contribution is 5.94. The molecule has 1 aliphatic heterocycles. The van der Waals surface area contributed by atoms with Gasteiger partial charge < -0.3 is 20.5 Å². The first-order valence-electron chi connectivity index (χ1n) is 7.47. The smallest absolute Gasteiger partial charge is 0.254 e. The topological polar surface area (TPSA) is 102 Å². The lowest BCUT2D eigenvalue weighted by Gasteiger charge is -2.15. The second kappa shape index (κ2) is 6.90. The van der Waals surface area contributed by atoms with Crippen molar-refractivity contribution in [1.82, 2.24) is 14.9 Å². The van der Waals surface area contributed by atoms with Crippen molar-refractivity contribution in [2.45, 2.75) is 18.8 Å². The molecule has 0 radical (unpaired) electrons. The molecule has 0 bridgehead atoms. The maximum absolute atomic E-state index is 13.4. The number of hydrogen-bond donors (Lipinski definition) is 2. The molecule has 1 aromatic heterocycles. The molecule has 8 heteroatoms. The molecule has 2 heterocycles. The minimum Gasteiger partial charge on any atom is -0.439 e. The van der Waals surface area contributed by atoms with Crippen molar-refractivity contribution in [3.8, 4) is 11.6 Å². The Balaban J connectivity index is 1.75. The van der Waals surface area contributed by atoms with E-state index in [0.29, 0.717) is 22.9 Å². The number of nitrogens with zero attached hydrogens (tertiary/aromatic N) is 3. The molecule has 2 aromatic rings. The maximum atomic E-state index is 13.4. The third-order valence-corrected chi connectivity index (χ3v) is 3.72. The number of halogens is 1. The Bertz CT molecular complexity index is 733. The van der Waals surface area contributed by atoms with Crippen LogP contribution in [0.5, 0.6) is 11.6 Å². The van der Waals surface area contributed by atoms with Gasteiger partial charge in [0, 0.05) is 24.7 Å². The lowest BCUT2D eigenvalue weighted by Crippen LogP contribution is -2.29. The molecular weight excluding hydrogens is 315 g/mol. The molecule has 0 aliphatic carbocycles. The van der Waals surface area contributed by atoms with E-state index in [2.05, 4.69) is 9.97 Å². The maximum Gasteiger partial charge on any atom is 0.254 e. The molecule has 24 heavy (non-hydrogen) atoms. The van der Waals surface area contributed by atoms with Crippen LogP contribution in [-0.2, 0) is 6.54 Å². The van der Waals surface area contributed by atoms with Crippen LogP contribution in [0.3, 0.4) is 0 Å². The summed E-state index contributed by atoms with van der Waals surface area (Å²) in [5, 5.41) is 9.44. The van der Waals surface area contributed by atoms with Crippen LogP contribution in [0.25, 0.3) is 0 Å². The summed E-state index contributed by atoms with van der Waals surface area (Å²) in [6, 6.07) is 8.10. The Labute approximate surface area is 137 Å². The molecule has 1 aliphatic rings. The number of ether oxygens (including phenoxy) is 1. The molecule has 3 rings (SSSR count). The fraction of sp³-hybridized carbons (Fsp3) is 0.312. The van der Waals surface area contributed by atoms with Crippen LogP contribution >= 0.6 is 0 Å². The van der Waals surface area contributed by atoms with E-state index in [4.69, 9.17) is 10.5 Å². The van der Waals surface area contributed by atoms with E-state index in [1.54, 1.807) is 30.3 Å². The van der Waals surface area contributed by atoms with Crippen LogP contribution in [0.2, 0.25) is 0 Å². The third-order valence-electron chi connectivity index (χ3n) is 3.72. The molecular formula is C16H17FN4O3. The van der Waals surface area contributed by atoms with Gasteiger partial charge in [-0.2, -0.15) is 0 Å². The summed E-state index contributed by atoms with van der Waals surface area (Å²) >= 11 is 0. The number of hydrogen-bond acceptors (Lipinski definition) is 6. The summed E-state index contributed by atoms with van der Waals surface area (Å²) in [4.78, 5) is 21.6. The largest absolute Gasteiger partial charge is 0.439 e. The number of amides is 1. The summed E-state index contributed by atoms with van der Waals surface area (Å²) in [6.07, 6.45) is -1.20. The number of benzene rings is 1. The van der Waals surface area contributed by atoms with Gasteiger partial charge >= 0.3 is 0 Å². The van der Waals surface area contributed by atoms with Gasteiger partial charge in [-0.25, -0.2) is 14.4 Å². The summed E-state index contributed by atoms with van der Waals surface area (Å²) in [5.74, 6) is 0.375. The molecule has 0 spiro atoms. The first kappa shape index (κ1) is 16.3. The highest BCUT2D eigenvalue weighted by Gasteiger charge is 2.34. The predicted molar refractivity (Wildman–Crippen MR) is 83.2 cm³/mol. The number of alkyl halides is 1. The summed E-state index contributed by atoms with van der Waals surface area (Å²) in [6.45, 7) is 0.132. The monoisotopic (exact) mass is 332 g/mol. The Morgan fingerprint density at radius 2 is 2.21 bits per heavy atom. The summed E-state index contributed by atoms with van der Waals surface area (Å²) in [5.41, 5.74) is 6.50. The second-order valence-corrected chi connectivity index (χ2v) is 5.48. The number of aliphatic hydroxyl groups excluding tert-OH is 1. The van der Waals surface area contributed by atoms with Gasteiger partial charge in [0.15, 0.2) is 0 Å². The average Bonchev–Trinajstić information content (AvgIpc) is 2.93. The second-order valence-electron chi connectivity index (χ2n) is 5.48. The fourth-order valence-corrected chi connectivity index (χ4v) is 2.45. The first-order chi connectivity index (χ1) is 11.6. The molecule has 3 N–H and O–H groups in total. The Morgan fingerprint density at radius 3 is 2.92 bits per heavy atom. The zero-order valence-corrected chi connectivity index (χ0v) is 12.8. The van der Waals surface area contributed by atoms with Crippen LogP contribution in [0.4, 0.5) is 4.39 Å². The van der Waals surface area contributed by atoms with E-state index in [0.717, 1.165) is 0 Å². The number of aliphatic hydroxyl groups is 1. The first-order valence-corrected chi connectivity index (χ1v) is 7.47.